The molecule has 0 radical (unpaired) electrons. The summed E-state index contributed by atoms with van der Waals surface area (Å²) in [7, 11) is -3.75. The predicted octanol–water partition coefficient (Wildman–Crippen LogP) is 1.39. The molecule has 2 unspecified atom stereocenters. The highest BCUT2D eigenvalue weighted by Crippen LogP contribution is 2.38. The van der Waals surface area contributed by atoms with Crippen LogP contribution < -0.4 is 4.72 Å². The maximum atomic E-state index is 12.4. The van der Waals surface area contributed by atoms with Crippen LogP contribution in [-0.2, 0) is 10.0 Å². The van der Waals surface area contributed by atoms with Crippen molar-refractivity contribution in [3.8, 4) is 6.07 Å². The molecule has 0 aromatic heterocycles. The second-order valence-electron chi connectivity index (χ2n) is 5.49. The highest BCUT2D eigenvalue weighted by atomic mass is 32.2. The number of nitrogens with zero attached hydrogens (tertiary/aromatic N) is 1. The van der Waals surface area contributed by atoms with Gasteiger partial charge in [0.15, 0.2) is 0 Å². The van der Waals surface area contributed by atoms with Gasteiger partial charge in [-0.15, -0.1) is 0 Å². The van der Waals surface area contributed by atoms with Gasteiger partial charge >= 0.3 is 0 Å². The third kappa shape index (κ3) is 2.70. The fourth-order valence-corrected chi connectivity index (χ4v) is 4.23. The molecule has 2 atom stereocenters. The quantitative estimate of drug-likeness (QED) is 0.878. The molecule has 0 spiro atoms. The van der Waals surface area contributed by atoms with E-state index < -0.39 is 15.4 Å². The average molecular weight is 294 g/mol. The van der Waals surface area contributed by atoms with Crippen LogP contribution in [0.1, 0.15) is 31.7 Å². The normalized spacial score (nSPS) is 26.4. The van der Waals surface area contributed by atoms with E-state index in [-0.39, 0.29) is 23.1 Å². The molecule has 5 nitrogen and oxygen atoms in total. The molecule has 20 heavy (non-hydrogen) atoms. The van der Waals surface area contributed by atoms with Crippen molar-refractivity contribution in [2.24, 2.45) is 5.41 Å². The Kier molecular flexibility index (Phi) is 4.14. The van der Waals surface area contributed by atoms with Crippen LogP contribution >= 0.6 is 0 Å². The molecule has 1 aromatic rings. The number of rotatable bonds is 4. The fourth-order valence-electron chi connectivity index (χ4n) is 2.67. The minimum Gasteiger partial charge on any atom is -0.396 e. The van der Waals surface area contributed by atoms with Crippen LogP contribution in [0.5, 0.6) is 0 Å². The Morgan fingerprint density at radius 1 is 1.50 bits per heavy atom. The van der Waals surface area contributed by atoms with E-state index in [1.165, 1.54) is 12.1 Å². The first kappa shape index (κ1) is 15.0. The first-order valence-corrected chi connectivity index (χ1v) is 8.03. The largest absolute Gasteiger partial charge is 0.396 e. The molecule has 6 heteroatoms. The summed E-state index contributed by atoms with van der Waals surface area (Å²) >= 11 is 0. The van der Waals surface area contributed by atoms with Gasteiger partial charge in [-0.05, 0) is 25.0 Å². The molecule has 1 aliphatic rings. The van der Waals surface area contributed by atoms with E-state index in [9.17, 15) is 13.5 Å². The molecule has 2 rings (SSSR count). The Hall–Kier alpha value is -1.42. The summed E-state index contributed by atoms with van der Waals surface area (Å²) in [6, 6.07) is 7.72. The molecular formula is C14H18N2O3S. The Labute approximate surface area is 119 Å². The first-order chi connectivity index (χ1) is 9.43. The maximum absolute atomic E-state index is 12.4. The van der Waals surface area contributed by atoms with Gasteiger partial charge in [-0.1, -0.05) is 25.5 Å². The van der Waals surface area contributed by atoms with Crippen LogP contribution in [0.25, 0.3) is 0 Å². The predicted molar refractivity (Wildman–Crippen MR) is 74.3 cm³/mol. The number of sulfonamides is 1. The molecular weight excluding hydrogens is 276 g/mol. The van der Waals surface area contributed by atoms with Crippen molar-refractivity contribution in [2.75, 3.05) is 6.61 Å². The lowest BCUT2D eigenvalue weighted by atomic mass is 9.86. The van der Waals surface area contributed by atoms with Crippen LogP contribution in [0, 0.1) is 16.7 Å². The van der Waals surface area contributed by atoms with Crippen molar-refractivity contribution < 1.29 is 13.5 Å². The van der Waals surface area contributed by atoms with E-state index in [0.717, 1.165) is 12.8 Å². The second kappa shape index (κ2) is 5.52. The van der Waals surface area contributed by atoms with Crippen molar-refractivity contribution >= 4 is 10.0 Å². The number of hydrogen-bond acceptors (Lipinski definition) is 4. The van der Waals surface area contributed by atoms with E-state index in [0.29, 0.717) is 6.42 Å². The lowest BCUT2D eigenvalue weighted by molar-refractivity contribution is 0.127. The molecule has 2 N–H and O–H groups in total. The van der Waals surface area contributed by atoms with Crippen molar-refractivity contribution in [3.63, 3.8) is 0 Å². The lowest BCUT2D eigenvalue weighted by Gasteiger charge is -2.29. The Morgan fingerprint density at radius 2 is 2.20 bits per heavy atom. The van der Waals surface area contributed by atoms with E-state index in [1.54, 1.807) is 12.1 Å². The van der Waals surface area contributed by atoms with E-state index in [2.05, 4.69) is 4.72 Å². The number of aliphatic hydroxyl groups excluding tert-OH is 1. The molecule has 108 valence electrons. The summed E-state index contributed by atoms with van der Waals surface area (Å²) < 4.78 is 27.5. The van der Waals surface area contributed by atoms with E-state index in [1.807, 2.05) is 13.0 Å². The lowest BCUT2D eigenvalue weighted by Crippen LogP contribution is -2.44. The summed E-state index contributed by atoms with van der Waals surface area (Å²) in [6.07, 6.45) is 2.37. The Balaban J connectivity index is 2.31. The topological polar surface area (TPSA) is 90.2 Å². The standard InChI is InChI=1S/C14H18N2O3S/c1-14(10-17)8-4-7-13(14)16-20(18,19)12-6-3-2-5-11(12)9-15/h2-3,5-6,13,16-17H,4,7-8,10H2,1H3. The summed E-state index contributed by atoms with van der Waals surface area (Å²) in [4.78, 5) is -0.00492. The maximum Gasteiger partial charge on any atom is 0.242 e. The van der Waals surface area contributed by atoms with Crippen LogP contribution in [0.3, 0.4) is 0 Å². The van der Waals surface area contributed by atoms with Gasteiger partial charge in [-0.3, -0.25) is 0 Å². The molecule has 1 aliphatic carbocycles. The number of benzene rings is 1. The van der Waals surface area contributed by atoms with Gasteiger partial charge in [0, 0.05) is 18.1 Å². The summed E-state index contributed by atoms with van der Waals surface area (Å²) in [5.74, 6) is 0. The molecule has 0 heterocycles. The van der Waals surface area contributed by atoms with Crippen molar-refractivity contribution in [1.29, 1.82) is 5.26 Å². The number of nitriles is 1. The van der Waals surface area contributed by atoms with Crippen LogP contribution in [0.15, 0.2) is 29.2 Å². The molecule has 0 bridgehead atoms. The fraction of sp³-hybridized carbons (Fsp3) is 0.500. The van der Waals surface area contributed by atoms with Crippen LogP contribution in [0.2, 0.25) is 0 Å². The minimum absolute atomic E-state index is 0.00492. The SMILES string of the molecule is CC1(CO)CCCC1NS(=O)(=O)c1ccccc1C#N. The molecule has 1 fully saturated rings. The van der Waals surface area contributed by atoms with Gasteiger partial charge in [0.25, 0.3) is 0 Å². The van der Waals surface area contributed by atoms with Gasteiger partial charge in [0.05, 0.1) is 10.5 Å². The first-order valence-electron chi connectivity index (χ1n) is 6.55. The highest BCUT2D eigenvalue weighted by Gasteiger charge is 2.40. The van der Waals surface area contributed by atoms with Gasteiger partial charge in [0.1, 0.15) is 6.07 Å². The van der Waals surface area contributed by atoms with Crippen molar-refractivity contribution in [3.05, 3.63) is 29.8 Å². The summed E-state index contributed by atoms with van der Waals surface area (Å²) in [5, 5.41) is 18.5. The van der Waals surface area contributed by atoms with E-state index >= 15 is 0 Å². The smallest absolute Gasteiger partial charge is 0.242 e. The number of hydrogen-bond donors (Lipinski definition) is 2. The van der Waals surface area contributed by atoms with Gasteiger partial charge in [-0.2, -0.15) is 5.26 Å². The third-order valence-corrected chi connectivity index (χ3v) is 5.57. The molecule has 0 aliphatic heterocycles. The minimum atomic E-state index is -3.75. The molecule has 0 amide bonds. The van der Waals surface area contributed by atoms with Gasteiger partial charge in [-0.25, -0.2) is 13.1 Å². The highest BCUT2D eigenvalue weighted by molar-refractivity contribution is 7.89. The molecule has 1 saturated carbocycles. The second-order valence-corrected chi connectivity index (χ2v) is 7.17. The monoisotopic (exact) mass is 294 g/mol. The zero-order chi connectivity index (χ0) is 14.8. The summed E-state index contributed by atoms with van der Waals surface area (Å²) in [5.41, 5.74) is -0.307. The van der Waals surface area contributed by atoms with Crippen LogP contribution in [0.4, 0.5) is 0 Å². The molecule has 1 aromatic carbocycles. The number of aliphatic hydroxyl groups is 1. The summed E-state index contributed by atoms with van der Waals surface area (Å²) in [6.45, 7) is 1.82. The number of nitrogens with one attached hydrogen (secondary N) is 1. The third-order valence-electron chi connectivity index (χ3n) is 4.04. The van der Waals surface area contributed by atoms with Crippen LogP contribution in [-0.4, -0.2) is 26.2 Å². The zero-order valence-corrected chi connectivity index (χ0v) is 12.2. The Bertz CT molecular complexity index is 636. The van der Waals surface area contributed by atoms with E-state index in [4.69, 9.17) is 5.26 Å². The molecule has 0 saturated heterocycles. The average Bonchev–Trinajstić information content (AvgIpc) is 2.80. The zero-order valence-electron chi connectivity index (χ0n) is 11.3. The Morgan fingerprint density at radius 3 is 2.85 bits per heavy atom. The van der Waals surface area contributed by atoms with Gasteiger partial charge in [0.2, 0.25) is 10.0 Å². The van der Waals surface area contributed by atoms with Gasteiger partial charge < -0.3 is 5.11 Å². The van der Waals surface area contributed by atoms with Crippen molar-refractivity contribution in [1.82, 2.24) is 4.72 Å². The van der Waals surface area contributed by atoms with Crippen molar-refractivity contribution in [2.45, 2.75) is 37.1 Å².